The number of para-hydroxylation sites is 2. The number of fused-ring (bicyclic) bond motifs is 6. The molecule has 132 valence electrons. The van der Waals surface area contributed by atoms with Gasteiger partial charge in [0, 0.05) is 21.8 Å². The standard InChI is InChI=1S/C26H17NO/c1-2-9-18-17(8-1)16-24(20-11-4-3-10-19(18)20)27-23-14-7-13-22-21-12-5-6-15-25(21)28-26(22)23/h1-16,27H. The van der Waals surface area contributed by atoms with Gasteiger partial charge in [-0.1, -0.05) is 78.9 Å². The third-order valence-electron chi connectivity index (χ3n) is 5.44. The maximum absolute atomic E-state index is 6.19. The average molecular weight is 359 g/mol. The molecule has 28 heavy (non-hydrogen) atoms. The molecule has 0 atom stereocenters. The van der Waals surface area contributed by atoms with Crippen molar-refractivity contribution in [1.82, 2.24) is 0 Å². The van der Waals surface area contributed by atoms with Crippen molar-refractivity contribution in [2.45, 2.75) is 0 Å². The molecule has 1 N–H and O–H groups in total. The van der Waals surface area contributed by atoms with Crippen LogP contribution in [0.25, 0.3) is 43.5 Å². The highest BCUT2D eigenvalue weighted by Crippen LogP contribution is 2.37. The van der Waals surface area contributed by atoms with Crippen molar-refractivity contribution in [3.63, 3.8) is 0 Å². The summed E-state index contributed by atoms with van der Waals surface area (Å²) in [6, 6.07) is 33.7. The first-order valence-electron chi connectivity index (χ1n) is 9.46. The normalized spacial score (nSPS) is 11.6. The first kappa shape index (κ1) is 15.3. The summed E-state index contributed by atoms with van der Waals surface area (Å²) in [5, 5.41) is 10.9. The van der Waals surface area contributed by atoms with E-state index in [4.69, 9.17) is 4.42 Å². The minimum Gasteiger partial charge on any atom is -0.454 e. The fourth-order valence-corrected chi connectivity index (χ4v) is 4.15. The summed E-state index contributed by atoms with van der Waals surface area (Å²) in [6.45, 7) is 0. The van der Waals surface area contributed by atoms with E-state index in [2.05, 4.69) is 84.2 Å². The minimum absolute atomic E-state index is 0.890. The zero-order valence-corrected chi connectivity index (χ0v) is 15.1. The molecular weight excluding hydrogens is 342 g/mol. The Morgan fingerprint density at radius 2 is 1.18 bits per heavy atom. The Balaban J connectivity index is 1.61. The summed E-state index contributed by atoms with van der Waals surface area (Å²) in [5.74, 6) is 0. The van der Waals surface area contributed by atoms with Gasteiger partial charge < -0.3 is 9.73 Å². The molecule has 0 spiro atoms. The van der Waals surface area contributed by atoms with Crippen LogP contribution in [0.2, 0.25) is 0 Å². The van der Waals surface area contributed by atoms with E-state index in [0.717, 1.165) is 33.3 Å². The molecule has 0 unspecified atom stereocenters. The predicted molar refractivity (Wildman–Crippen MR) is 118 cm³/mol. The highest BCUT2D eigenvalue weighted by Gasteiger charge is 2.12. The zero-order chi connectivity index (χ0) is 18.5. The summed E-state index contributed by atoms with van der Waals surface area (Å²) < 4.78 is 6.19. The van der Waals surface area contributed by atoms with E-state index in [-0.39, 0.29) is 0 Å². The van der Waals surface area contributed by atoms with Crippen molar-refractivity contribution in [3.05, 3.63) is 97.1 Å². The Bertz CT molecular complexity index is 1490. The third kappa shape index (κ3) is 2.21. The van der Waals surface area contributed by atoms with Crippen LogP contribution in [0, 0.1) is 0 Å². The van der Waals surface area contributed by atoms with Crippen LogP contribution in [0.4, 0.5) is 11.4 Å². The van der Waals surface area contributed by atoms with Gasteiger partial charge in [0.1, 0.15) is 5.58 Å². The molecule has 0 saturated carbocycles. The van der Waals surface area contributed by atoms with Crippen LogP contribution in [-0.4, -0.2) is 0 Å². The van der Waals surface area contributed by atoms with Gasteiger partial charge in [-0.2, -0.15) is 0 Å². The van der Waals surface area contributed by atoms with Gasteiger partial charge >= 0.3 is 0 Å². The SMILES string of the molecule is c1ccc2c(c1)cc(Nc1cccc3c1oc1ccccc13)c1ccccc12. The van der Waals surface area contributed by atoms with Crippen LogP contribution in [0.5, 0.6) is 0 Å². The quantitative estimate of drug-likeness (QED) is 0.321. The molecule has 0 saturated heterocycles. The molecule has 1 aromatic heterocycles. The Hall–Kier alpha value is -3.78. The molecule has 2 heteroatoms. The number of rotatable bonds is 2. The lowest BCUT2D eigenvalue weighted by Gasteiger charge is -2.13. The molecule has 2 nitrogen and oxygen atoms in total. The number of hydrogen-bond acceptors (Lipinski definition) is 2. The van der Waals surface area contributed by atoms with Gasteiger partial charge in [-0.25, -0.2) is 0 Å². The van der Waals surface area contributed by atoms with Crippen molar-refractivity contribution in [2.24, 2.45) is 0 Å². The summed E-state index contributed by atoms with van der Waals surface area (Å²) in [7, 11) is 0. The molecule has 0 aliphatic carbocycles. The number of furan rings is 1. The van der Waals surface area contributed by atoms with Gasteiger partial charge in [0.15, 0.2) is 5.58 Å². The number of benzene rings is 5. The molecule has 0 aliphatic rings. The van der Waals surface area contributed by atoms with Crippen LogP contribution in [0.1, 0.15) is 0 Å². The largest absolute Gasteiger partial charge is 0.454 e. The summed E-state index contributed by atoms with van der Waals surface area (Å²) in [6.07, 6.45) is 0. The summed E-state index contributed by atoms with van der Waals surface area (Å²) >= 11 is 0. The second-order valence-corrected chi connectivity index (χ2v) is 7.10. The molecular formula is C26H17NO. The first-order chi connectivity index (χ1) is 13.9. The summed E-state index contributed by atoms with van der Waals surface area (Å²) in [4.78, 5) is 0. The van der Waals surface area contributed by atoms with Crippen molar-refractivity contribution in [3.8, 4) is 0 Å². The van der Waals surface area contributed by atoms with E-state index in [1.54, 1.807) is 0 Å². The Morgan fingerprint density at radius 3 is 2.07 bits per heavy atom. The molecule has 0 amide bonds. The lowest BCUT2D eigenvalue weighted by molar-refractivity contribution is 0.670. The maximum Gasteiger partial charge on any atom is 0.158 e. The van der Waals surface area contributed by atoms with Crippen LogP contribution in [0.15, 0.2) is 101 Å². The number of hydrogen-bond donors (Lipinski definition) is 1. The lowest BCUT2D eigenvalue weighted by Crippen LogP contribution is -1.93. The molecule has 6 rings (SSSR count). The Kier molecular flexibility index (Phi) is 3.20. The van der Waals surface area contributed by atoms with E-state index in [1.165, 1.54) is 21.5 Å². The molecule has 0 radical (unpaired) electrons. The van der Waals surface area contributed by atoms with Crippen molar-refractivity contribution in [2.75, 3.05) is 5.32 Å². The van der Waals surface area contributed by atoms with E-state index in [0.29, 0.717) is 0 Å². The number of nitrogens with one attached hydrogen (secondary N) is 1. The topological polar surface area (TPSA) is 25.2 Å². The lowest BCUT2D eigenvalue weighted by atomic mass is 10.00. The fourth-order valence-electron chi connectivity index (χ4n) is 4.15. The van der Waals surface area contributed by atoms with Gasteiger partial charge in [-0.05, 0) is 34.4 Å². The fraction of sp³-hybridized carbons (Fsp3) is 0. The Morgan fingerprint density at radius 1 is 0.500 bits per heavy atom. The van der Waals surface area contributed by atoms with E-state index in [1.807, 2.05) is 18.2 Å². The van der Waals surface area contributed by atoms with Gasteiger partial charge in [0.25, 0.3) is 0 Å². The average Bonchev–Trinajstić information content (AvgIpc) is 3.14. The third-order valence-corrected chi connectivity index (χ3v) is 5.44. The molecule has 0 fully saturated rings. The monoisotopic (exact) mass is 359 g/mol. The Labute approximate surface area is 162 Å². The van der Waals surface area contributed by atoms with Crippen LogP contribution >= 0.6 is 0 Å². The van der Waals surface area contributed by atoms with Gasteiger partial charge in [0.05, 0.1) is 5.69 Å². The summed E-state index contributed by atoms with van der Waals surface area (Å²) in [5.41, 5.74) is 3.87. The molecule has 0 bridgehead atoms. The molecule has 0 aliphatic heterocycles. The first-order valence-corrected chi connectivity index (χ1v) is 9.46. The van der Waals surface area contributed by atoms with Crippen LogP contribution in [0.3, 0.4) is 0 Å². The van der Waals surface area contributed by atoms with Crippen LogP contribution in [-0.2, 0) is 0 Å². The highest BCUT2D eigenvalue weighted by atomic mass is 16.3. The van der Waals surface area contributed by atoms with Crippen molar-refractivity contribution < 1.29 is 4.42 Å². The second-order valence-electron chi connectivity index (χ2n) is 7.10. The van der Waals surface area contributed by atoms with Crippen LogP contribution < -0.4 is 5.32 Å². The number of anilines is 2. The van der Waals surface area contributed by atoms with E-state index < -0.39 is 0 Å². The highest BCUT2D eigenvalue weighted by molar-refractivity contribution is 6.15. The van der Waals surface area contributed by atoms with E-state index >= 15 is 0 Å². The van der Waals surface area contributed by atoms with Gasteiger partial charge in [-0.3, -0.25) is 0 Å². The molecule has 6 aromatic rings. The predicted octanol–water partition coefficient (Wildman–Crippen LogP) is 7.64. The van der Waals surface area contributed by atoms with Gasteiger partial charge in [0.2, 0.25) is 0 Å². The minimum atomic E-state index is 0.890. The maximum atomic E-state index is 6.19. The van der Waals surface area contributed by atoms with Crippen molar-refractivity contribution >= 4 is 54.9 Å². The molecule has 1 heterocycles. The smallest absolute Gasteiger partial charge is 0.158 e. The zero-order valence-electron chi connectivity index (χ0n) is 15.1. The second kappa shape index (κ2) is 5.86. The van der Waals surface area contributed by atoms with Gasteiger partial charge in [-0.15, -0.1) is 0 Å². The van der Waals surface area contributed by atoms with E-state index in [9.17, 15) is 0 Å². The van der Waals surface area contributed by atoms with Crippen molar-refractivity contribution in [1.29, 1.82) is 0 Å². The molecule has 5 aromatic carbocycles.